The smallest absolute Gasteiger partial charge is 0.309 e. The van der Waals surface area contributed by atoms with Gasteiger partial charge in [0.2, 0.25) is 0 Å². The van der Waals surface area contributed by atoms with Crippen LogP contribution in [0.15, 0.2) is 12.2 Å². The molecule has 3 nitrogen and oxygen atoms in total. The standard InChI is InChI=1S/C9H14O3/c1-2-12-8-6-4-3-5-7(8)9(10)11/h3-4,7-8H,2,5-6H2,1H3,(H,10,11). The van der Waals surface area contributed by atoms with E-state index in [1.54, 1.807) is 0 Å². The Morgan fingerprint density at radius 2 is 2.25 bits per heavy atom. The molecule has 1 N–H and O–H groups in total. The largest absolute Gasteiger partial charge is 0.481 e. The van der Waals surface area contributed by atoms with Crippen LogP contribution < -0.4 is 0 Å². The molecule has 0 fully saturated rings. The molecular weight excluding hydrogens is 156 g/mol. The first-order valence-corrected chi connectivity index (χ1v) is 4.25. The average molecular weight is 170 g/mol. The lowest BCUT2D eigenvalue weighted by Crippen LogP contribution is -2.31. The van der Waals surface area contributed by atoms with Gasteiger partial charge in [-0.15, -0.1) is 0 Å². The van der Waals surface area contributed by atoms with Crippen LogP contribution in [0.2, 0.25) is 0 Å². The first kappa shape index (κ1) is 9.26. The fourth-order valence-corrected chi connectivity index (χ4v) is 1.45. The number of hydrogen-bond donors (Lipinski definition) is 1. The number of allylic oxidation sites excluding steroid dienone is 1. The van der Waals surface area contributed by atoms with Gasteiger partial charge in [0, 0.05) is 6.61 Å². The summed E-state index contributed by atoms with van der Waals surface area (Å²) in [4.78, 5) is 10.7. The van der Waals surface area contributed by atoms with E-state index in [0.29, 0.717) is 13.0 Å². The highest BCUT2D eigenvalue weighted by Crippen LogP contribution is 2.21. The molecule has 2 atom stereocenters. The second kappa shape index (κ2) is 4.26. The van der Waals surface area contributed by atoms with Gasteiger partial charge in [0.25, 0.3) is 0 Å². The van der Waals surface area contributed by atoms with E-state index in [1.807, 2.05) is 19.1 Å². The fourth-order valence-electron chi connectivity index (χ4n) is 1.45. The molecule has 3 heteroatoms. The van der Waals surface area contributed by atoms with Crippen LogP contribution in [0.1, 0.15) is 19.8 Å². The molecule has 12 heavy (non-hydrogen) atoms. The highest BCUT2D eigenvalue weighted by atomic mass is 16.5. The van der Waals surface area contributed by atoms with Crippen molar-refractivity contribution in [2.75, 3.05) is 6.61 Å². The molecule has 0 radical (unpaired) electrons. The third-order valence-electron chi connectivity index (χ3n) is 2.07. The Hall–Kier alpha value is -0.830. The molecule has 0 aliphatic heterocycles. The lowest BCUT2D eigenvalue weighted by atomic mass is 9.91. The molecule has 0 aromatic rings. The van der Waals surface area contributed by atoms with Gasteiger partial charge >= 0.3 is 5.97 Å². The Labute approximate surface area is 72.0 Å². The summed E-state index contributed by atoms with van der Waals surface area (Å²) in [6.07, 6.45) is 5.09. The Morgan fingerprint density at radius 3 is 2.83 bits per heavy atom. The Kier molecular flexibility index (Phi) is 3.29. The van der Waals surface area contributed by atoms with E-state index < -0.39 is 5.97 Å². The van der Waals surface area contributed by atoms with Crippen LogP contribution in [0.3, 0.4) is 0 Å². The quantitative estimate of drug-likeness (QED) is 0.652. The van der Waals surface area contributed by atoms with Crippen molar-refractivity contribution >= 4 is 5.97 Å². The summed E-state index contributed by atoms with van der Waals surface area (Å²) >= 11 is 0. The predicted molar refractivity (Wildman–Crippen MR) is 44.9 cm³/mol. The number of carboxylic acids is 1. The van der Waals surface area contributed by atoms with E-state index >= 15 is 0 Å². The van der Waals surface area contributed by atoms with E-state index in [2.05, 4.69) is 0 Å². The summed E-state index contributed by atoms with van der Waals surface area (Å²) in [5, 5.41) is 8.82. The molecule has 68 valence electrons. The predicted octanol–water partition coefficient (Wildman–Crippen LogP) is 1.44. The van der Waals surface area contributed by atoms with Crippen LogP contribution in [0.25, 0.3) is 0 Å². The van der Waals surface area contributed by atoms with Crippen LogP contribution in [0, 0.1) is 5.92 Å². The van der Waals surface area contributed by atoms with Crippen LogP contribution in [0.5, 0.6) is 0 Å². The third-order valence-corrected chi connectivity index (χ3v) is 2.07. The van der Waals surface area contributed by atoms with Crippen molar-refractivity contribution in [3.8, 4) is 0 Å². The fraction of sp³-hybridized carbons (Fsp3) is 0.667. The van der Waals surface area contributed by atoms with Gasteiger partial charge < -0.3 is 9.84 Å². The number of rotatable bonds is 3. The first-order valence-electron chi connectivity index (χ1n) is 4.25. The molecule has 1 aliphatic rings. The van der Waals surface area contributed by atoms with Crippen molar-refractivity contribution in [3.05, 3.63) is 12.2 Å². The minimum absolute atomic E-state index is 0.127. The summed E-state index contributed by atoms with van der Waals surface area (Å²) in [5.74, 6) is -1.10. The first-order chi connectivity index (χ1) is 5.75. The van der Waals surface area contributed by atoms with Gasteiger partial charge in [-0.3, -0.25) is 4.79 Å². The third kappa shape index (κ3) is 2.08. The molecule has 1 rings (SSSR count). The second-order valence-corrected chi connectivity index (χ2v) is 2.88. The number of aliphatic carboxylic acids is 1. The van der Waals surface area contributed by atoms with Gasteiger partial charge in [-0.25, -0.2) is 0 Å². The summed E-state index contributed by atoms with van der Waals surface area (Å²) in [6, 6.07) is 0. The van der Waals surface area contributed by atoms with Gasteiger partial charge in [0.05, 0.1) is 12.0 Å². The highest BCUT2D eigenvalue weighted by molar-refractivity contribution is 5.71. The van der Waals surface area contributed by atoms with Crippen LogP contribution >= 0.6 is 0 Å². The molecule has 2 unspecified atom stereocenters. The number of carbonyl (C=O) groups is 1. The van der Waals surface area contributed by atoms with E-state index in [-0.39, 0.29) is 12.0 Å². The minimum atomic E-state index is -0.752. The normalized spacial score (nSPS) is 28.8. The summed E-state index contributed by atoms with van der Waals surface area (Å²) in [7, 11) is 0. The van der Waals surface area contributed by atoms with Crippen molar-refractivity contribution in [1.82, 2.24) is 0 Å². The molecule has 0 heterocycles. The summed E-state index contributed by atoms with van der Waals surface area (Å²) < 4.78 is 5.32. The van der Waals surface area contributed by atoms with Gasteiger partial charge in [-0.05, 0) is 19.8 Å². The molecule has 0 aromatic carbocycles. The van der Waals surface area contributed by atoms with Gasteiger partial charge in [0.15, 0.2) is 0 Å². The number of ether oxygens (including phenoxy) is 1. The zero-order valence-electron chi connectivity index (χ0n) is 7.19. The maximum Gasteiger partial charge on any atom is 0.309 e. The average Bonchev–Trinajstić information content (AvgIpc) is 2.05. The Bertz CT molecular complexity index is 186. The Morgan fingerprint density at radius 1 is 1.58 bits per heavy atom. The zero-order valence-corrected chi connectivity index (χ0v) is 7.19. The molecule has 1 aliphatic carbocycles. The maximum absolute atomic E-state index is 10.7. The Balaban J connectivity index is 2.56. The van der Waals surface area contributed by atoms with Crippen molar-refractivity contribution < 1.29 is 14.6 Å². The zero-order chi connectivity index (χ0) is 8.97. The van der Waals surface area contributed by atoms with Crippen LogP contribution in [-0.4, -0.2) is 23.8 Å². The van der Waals surface area contributed by atoms with Crippen molar-refractivity contribution in [3.63, 3.8) is 0 Å². The van der Waals surface area contributed by atoms with Gasteiger partial charge in [-0.1, -0.05) is 12.2 Å². The van der Waals surface area contributed by atoms with Crippen LogP contribution in [0.4, 0.5) is 0 Å². The summed E-state index contributed by atoms with van der Waals surface area (Å²) in [5.41, 5.74) is 0. The van der Waals surface area contributed by atoms with Crippen LogP contribution in [-0.2, 0) is 9.53 Å². The van der Waals surface area contributed by atoms with E-state index in [1.165, 1.54) is 0 Å². The summed E-state index contributed by atoms with van der Waals surface area (Å²) in [6.45, 7) is 2.47. The number of carboxylic acid groups (broad SMARTS) is 1. The van der Waals surface area contributed by atoms with Gasteiger partial charge in [-0.2, -0.15) is 0 Å². The molecule has 0 spiro atoms. The molecule has 0 amide bonds. The van der Waals surface area contributed by atoms with E-state index in [4.69, 9.17) is 9.84 Å². The highest BCUT2D eigenvalue weighted by Gasteiger charge is 2.28. The van der Waals surface area contributed by atoms with E-state index in [9.17, 15) is 4.79 Å². The van der Waals surface area contributed by atoms with Gasteiger partial charge in [0.1, 0.15) is 0 Å². The van der Waals surface area contributed by atoms with Crippen molar-refractivity contribution in [2.45, 2.75) is 25.9 Å². The van der Waals surface area contributed by atoms with Crippen molar-refractivity contribution in [2.24, 2.45) is 5.92 Å². The van der Waals surface area contributed by atoms with Crippen molar-refractivity contribution in [1.29, 1.82) is 0 Å². The molecule has 0 saturated heterocycles. The molecule has 0 aromatic heterocycles. The lowest BCUT2D eigenvalue weighted by molar-refractivity contribution is -0.147. The topological polar surface area (TPSA) is 46.5 Å². The lowest BCUT2D eigenvalue weighted by Gasteiger charge is -2.24. The molecule has 0 bridgehead atoms. The maximum atomic E-state index is 10.7. The monoisotopic (exact) mass is 170 g/mol. The minimum Gasteiger partial charge on any atom is -0.481 e. The number of hydrogen-bond acceptors (Lipinski definition) is 2. The van der Waals surface area contributed by atoms with E-state index in [0.717, 1.165) is 6.42 Å². The second-order valence-electron chi connectivity index (χ2n) is 2.88. The molecular formula is C9H14O3. The SMILES string of the molecule is CCOC1CC=CCC1C(=O)O. The molecule has 0 saturated carbocycles.